The van der Waals surface area contributed by atoms with E-state index >= 15 is 0 Å². The van der Waals surface area contributed by atoms with Crippen LogP contribution in [0.5, 0.6) is 0 Å². The first-order valence-corrected chi connectivity index (χ1v) is 9.18. The summed E-state index contributed by atoms with van der Waals surface area (Å²) in [6.45, 7) is -3.46. The van der Waals surface area contributed by atoms with Crippen LogP contribution in [0.1, 0.15) is 0 Å². The summed E-state index contributed by atoms with van der Waals surface area (Å²) in [5.74, 6) is 0. The van der Waals surface area contributed by atoms with E-state index in [9.17, 15) is 26.3 Å². The van der Waals surface area contributed by atoms with E-state index in [-0.39, 0.29) is 0 Å². The van der Waals surface area contributed by atoms with Gasteiger partial charge in [-0.15, -0.1) is 0 Å². The molecule has 2 N–H and O–H groups in total. The van der Waals surface area contributed by atoms with Crippen molar-refractivity contribution in [3.63, 3.8) is 0 Å². The molecule has 0 unspecified atom stereocenters. The second-order valence-corrected chi connectivity index (χ2v) is 5.35. The first-order chi connectivity index (χ1) is 6.54. The molecule has 0 radical (unpaired) electrons. The van der Waals surface area contributed by atoms with Crippen LogP contribution in [-0.4, -0.2) is 35.8 Å². The second-order valence-electron chi connectivity index (χ2n) is 1.62. The number of rotatable bonds is 0. The number of alkyl halides is 6. The van der Waals surface area contributed by atoms with Gasteiger partial charge in [0.1, 0.15) is 13.2 Å². The summed E-state index contributed by atoms with van der Waals surface area (Å²) in [5.41, 5.74) is 0. The van der Waals surface area contributed by atoms with E-state index in [0.29, 0.717) is 0 Å². The zero-order chi connectivity index (χ0) is 13.1. The molecule has 0 spiro atoms. The van der Waals surface area contributed by atoms with Crippen molar-refractivity contribution in [2.75, 3.05) is 13.2 Å². The van der Waals surface area contributed by atoms with Gasteiger partial charge in [0, 0.05) is 0 Å². The van der Waals surface area contributed by atoms with E-state index in [1.54, 1.807) is 0 Å². The summed E-state index contributed by atoms with van der Waals surface area (Å²) >= 11 is -0.826. The summed E-state index contributed by atoms with van der Waals surface area (Å²) in [4.78, 5) is 0. The molecule has 0 aliphatic rings. The Kier molecular flexibility index (Phi) is 16.2. The van der Waals surface area contributed by atoms with Gasteiger partial charge >= 0.3 is 50.2 Å². The quantitative estimate of drug-likeness (QED) is 0.650. The molecule has 0 saturated heterocycles. The van der Waals surface area contributed by atoms with Gasteiger partial charge in [-0.25, -0.2) is 0 Å². The van der Waals surface area contributed by atoms with E-state index in [2.05, 4.69) is 0 Å². The molecule has 0 saturated carbocycles. The normalized spacial score (nSPS) is 10.5. The van der Waals surface area contributed by atoms with Gasteiger partial charge in [-0.3, -0.25) is 0 Å². The molecule has 2 nitrogen and oxygen atoms in total. The fraction of sp³-hybridized carbons (Fsp3) is 1.00. The minimum atomic E-state index is -4.40. The summed E-state index contributed by atoms with van der Waals surface area (Å²) < 4.78 is 63.2. The van der Waals surface area contributed by atoms with Gasteiger partial charge < -0.3 is 10.2 Å². The molecular weight excluding hydrogens is 356 g/mol. The molecule has 0 amide bonds. The molecule has 0 aliphatic heterocycles. The van der Waals surface area contributed by atoms with Crippen molar-refractivity contribution < 1.29 is 57.4 Å². The van der Waals surface area contributed by atoms with E-state index in [0.717, 1.165) is 0 Å². The van der Waals surface area contributed by atoms with Crippen molar-refractivity contribution in [1.29, 1.82) is 0 Å². The van der Waals surface area contributed by atoms with Gasteiger partial charge in [-0.05, 0) is 0 Å². The van der Waals surface area contributed by atoms with Crippen LogP contribution in [-0.2, 0) is 20.8 Å². The molecule has 0 aromatic carbocycles. The summed E-state index contributed by atoms with van der Waals surface area (Å²) in [5, 5.41) is 14.6. The molecule has 11 heteroatoms. The Bertz CT molecular complexity index is 115. The molecule has 94 valence electrons. The maximum absolute atomic E-state index is 10.5. The Labute approximate surface area is 99.8 Å². The monoisotopic (exact) mass is 360 g/mol. The van der Waals surface area contributed by atoms with Crippen molar-refractivity contribution in [2.45, 2.75) is 12.4 Å². The van der Waals surface area contributed by atoms with Gasteiger partial charge in [0.05, 0.1) is 0 Å². The van der Waals surface area contributed by atoms with Crippen LogP contribution in [0.4, 0.5) is 26.3 Å². The van der Waals surface area contributed by atoms with Gasteiger partial charge in [0.15, 0.2) is 0 Å². The molecule has 0 aliphatic carbocycles. The van der Waals surface area contributed by atoms with E-state index in [4.69, 9.17) is 27.2 Å². The molecule has 0 aromatic heterocycles. The van der Waals surface area contributed by atoms with Crippen LogP contribution in [0, 0.1) is 0 Å². The molecule has 15 heavy (non-hydrogen) atoms. The first-order valence-electron chi connectivity index (χ1n) is 2.85. The molecule has 0 heterocycles. The van der Waals surface area contributed by atoms with Gasteiger partial charge in [0.25, 0.3) is 0 Å². The van der Waals surface area contributed by atoms with Crippen LogP contribution < -0.4 is 0 Å². The fourth-order valence-corrected chi connectivity index (χ4v) is 0. The van der Waals surface area contributed by atoms with Crippen molar-refractivity contribution in [3.8, 4) is 0 Å². The third-order valence-electron chi connectivity index (χ3n) is 0.359. The Hall–Kier alpha value is 0.963. The predicted octanol–water partition coefficient (Wildman–Crippen LogP) is 2.46. The SMILES string of the molecule is OCC(F)(F)F.OCC(F)(F)F.[Cl][Zr][Cl]. The molecular formula is C4H6Cl2F6O2Zr. The van der Waals surface area contributed by atoms with Gasteiger partial charge in [-0.1, -0.05) is 0 Å². The van der Waals surface area contributed by atoms with Crippen LogP contribution >= 0.6 is 17.0 Å². The van der Waals surface area contributed by atoms with E-state index < -0.39 is 46.4 Å². The third kappa shape index (κ3) is 51.9. The molecule has 0 rings (SSSR count). The maximum atomic E-state index is 10.5. The van der Waals surface area contributed by atoms with Crippen LogP contribution in [0.15, 0.2) is 0 Å². The minimum absolute atomic E-state index is 0.826. The summed E-state index contributed by atoms with van der Waals surface area (Å²) in [6, 6.07) is 0. The average Bonchev–Trinajstić information content (AvgIpc) is 2.04. The first kappa shape index (κ1) is 21.3. The third-order valence-corrected chi connectivity index (χ3v) is 0.359. The van der Waals surface area contributed by atoms with E-state index in [1.807, 2.05) is 0 Å². The van der Waals surface area contributed by atoms with Crippen molar-refractivity contribution >= 4 is 17.0 Å². The molecule has 0 fully saturated rings. The topological polar surface area (TPSA) is 40.5 Å². The number of hydrogen-bond acceptors (Lipinski definition) is 2. The average molecular weight is 362 g/mol. The Balaban J connectivity index is -0.000000153. The van der Waals surface area contributed by atoms with Crippen LogP contribution in [0.2, 0.25) is 0 Å². The van der Waals surface area contributed by atoms with E-state index in [1.165, 1.54) is 0 Å². The molecule has 0 bridgehead atoms. The zero-order valence-corrected chi connectivity index (χ0v) is 10.8. The number of halogens is 8. The number of hydrogen-bond donors (Lipinski definition) is 2. The molecule has 0 atom stereocenters. The van der Waals surface area contributed by atoms with Crippen LogP contribution in [0.25, 0.3) is 0 Å². The van der Waals surface area contributed by atoms with Crippen LogP contribution in [0.3, 0.4) is 0 Å². The van der Waals surface area contributed by atoms with Crippen molar-refractivity contribution in [3.05, 3.63) is 0 Å². The Morgan fingerprint density at radius 1 is 0.800 bits per heavy atom. The van der Waals surface area contributed by atoms with Gasteiger partial charge in [0.2, 0.25) is 0 Å². The summed E-state index contributed by atoms with van der Waals surface area (Å²) in [6.07, 6.45) is -8.81. The molecule has 0 aromatic rings. The van der Waals surface area contributed by atoms with Crippen molar-refractivity contribution in [2.24, 2.45) is 0 Å². The Morgan fingerprint density at radius 3 is 0.867 bits per heavy atom. The van der Waals surface area contributed by atoms with Gasteiger partial charge in [-0.2, -0.15) is 26.3 Å². The fourth-order valence-electron chi connectivity index (χ4n) is 0. The standard InChI is InChI=1S/2C2H3F3O.2ClH.Zr/c2*3-2(4,5)1-6;;;/h2*6H,1H2;2*1H;/q;;;;+2/p-2. The second kappa shape index (κ2) is 11.4. The summed E-state index contributed by atoms with van der Waals surface area (Å²) in [7, 11) is 9.87. The predicted molar refractivity (Wildman–Crippen MR) is 38.0 cm³/mol. The number of aliphatic hydroxyl groups is 2. The van der Waals surface area contributed by atoms with Crippen molar-refractivity contribution in [1.82, 2.24) is 0 Å². The zero-order valence-electron chi connectivity index (χ0n) is 6.83. The Morgan fingerprint density at radius 2 is 0.867 bits per heavy atom. The number of aliphatic hydroxyl groups excluding tert-OH is 2.